The van der Waals surface area contributed by atoms with E-state index >= 15 is 0 Å². The molecule has 3 unspecified atom stereocenters. The van der Waals surface area contributed by atoms with E-state index in [1.54, 1.807) is 0 Å². The van der Waals surface area contributed by atoms with Gasteiger partial charge in [-0.3, -0.25) is 4.68 Å². The molecule has 1 aromatic heterocycles. The van der Waals surface area contributed by atoms with Crippen molar-refractivity contribution in [2.24, 2.45) is 0 Å². The molecule has 0 aliphatic carbocycles. The highest BCUT2D eigenvalue weighted by atomic mass is 16.5. The maximum Gasteiger partial charge on any atom is 0.0789 e. The Labute approximate surface area is 103 Å². The molecular weight excluding hydrogens is 214 g/mol. The third-order valence-electron chi connectivity index (χ3n) is 3.46. The van der Waals surface area contributed by atoms with Gasteiger partial charge in [-0.25, -0.2) is 0 Å². The van der Waals surface area contributed by atoms with E-state index in [9.17, 15) is 0 Å². The normalized spacial score (nSPS) is 26.6. The second-order valence-corrected chi connectivity index (χ2v) is 5.12. The molecule has 1 fully saturated rings. The van der Waals surface area contributed by atoms with Crippen LogP contribution in [0.25, 0.3) is 0 Å². The first-order chi connectivity index (χ1) is 8.13. The lowest BCUT2D eigenvalue weighted by molar-refractivity contribution is 0.0311. The van der Waals surface area contributed by atoms with Crippen molar-refractivity contribution in [3.05, 3.63) is 18.0 Å². The summed E-state index contributed by atoms with van der Waals surface area (Å²) in [4.78, 5) is 0. The van der Waals surface area contributed by atoms with E-state index in [2.05, 4.69) is 41.9 Å². The number of ether oxygens (including phenoxy) is 1. The molecule has 0 amide bonds. The molecule has 0 radical (unpaired) electrons. The van der Waals surface area contributed by atoms with E-state index < -0.39 is 0 Å². The fraction of sp³-hybridized carbons (Fsp3) is 0.769. The zero-order valence-corrected chi connectivity index (χ0v) is 11.2. The molecule has 2 rings (SSSR count). The van der Waals surface area contributed by atoms with Gasteiger partial charge in [0.1, 0.15) is 0 Å². The van der Waals surface area contributed by atoms with Crippen LogP contribution in [0.3, 0.4) is 0 Å². The Kier molecular flexibility index (Phi) is 3.84. The summed E-state index contributed by atoms with van der Waals surface area (Å²) >= 11 is 0. The molecule has 1 saturated heterocycles. The number of hydrogen-bond acceptors (Lipinski definition) is 3. The van der Waals surface area contributed by atoms with Crippen molar-refractivity contribution in [2.75, 3.05) is 7.05 Å². The van der Waals surface area contributed by atoms with E-state index in [1.165, 1.54) is 5.69 Å². The number of nitrogens with one attached hydrogen (secondary N) is 1. The van der Waals surface area contributed by atoms with Crippen molar-refractivity contribution >= 4 is 0 Å². The smallest absolute Gasteiger partial charge is 0.0789 e. The average molecular weight is 237 g/mol. The van der Waals surface area contributed by atoms with E-state index in [-0.39, 0.29) is 12.1 Å². The third-order valence-corrected chi connectivity index (χ3v) is 3.46. The molecule has 3 atom stereocenters. The fourth-order valence-corrected chi connectivity index (χ4v) is 2.61. The van der Waals surface area contributed by atoms with Crippen LogP contribution in [-0.2, 0) is 4.74 Å². The highest BCUT2D eigenvalue weighted by Crippen LogP contribution is 2.30. The van der Waals surface area contributed by atoms with Crippen LogP contribution < -0.4 is 5.32 Å². The fourth-order valence-electron chi connectivity index (χ4n) is 2.61. The van der Waals surface area contributed by atoms with Crippen LogP contribution in [0, 0.1) is 0 Å². The maximum atomic E-state index is 5.97. The van der Waals surface area contributed by atoms with E-state index in [0.29, 0.717) is 12.1 Å². The molecule has 2 heterocycles. The summed E-state index contributed by atoms with van der Waals surface area (Å²) in [6.45, 7) is 6.45. The molecule has 1 aliphatic heterocycles. The summed E-state index contributed by atoms with van der Waals surface area (Å²) in [5.41, 5.74) is 1.22. The van der Waals surface area contributed by atoms with Gasteiger partial charge in [0.2, 0.25) is 0 Å². The Morgan fingerprint density at radius 3 is 2.76 bits per heavy atom. The molecular formula is C13H23N3O. The van der Waals surface area contributed by atoms with Gasteiger partial charge in [0.25, 0.3) is 0 Å². The van der Waals surface area contributed by atoms with Crippen molar-refractivity contribution in [3.8, 4) is 0 Å². The van der Waals surface area contributed by atoms with Gasteiger partial charge in [-0.2, -0.15) is 5.10 Å². The predicted molar refractivity (Wildman–Crippen MR) is 68.0 cm³/mol. The van der Waals surface area contributed by atoms with E-state index in [1.807, 2.05) is 13.2 Å². The quantitative estimate of drug-likeness (QED) is 0.873. The van der Waals surface area contributed by atoms with E-state index in [4.69, 9.17) is 4.74 Å². The lowest BCUT2D eigenvalue weighted by Crippen LogP contribution is -2.32. The largest absolute Gasteiger partial charge is 0.373 e. The van der Waals surface area contributed by atoms with Gasteiger partial charge in [0, 0.05) is 12.2 Å². The van der Waals surface area contributed by atoms with Gasteiger partial charge in [0.15, 0.2) is 0 Å². The number of nitrogens with zero attached hydrogens (tertiary/aromatic N) is 2. The number of aromatic nitrogens is 2. The first-order valence-electron chi connectivity index (χ1n) is 6.49. The Morgan fingerprint density at radius 1 is 1.47 bits per heavy atom. The van der Waals surface area contributed by atoms with Crippen LogP contribution in [0.15, 0.2) is 12.3 Å². The minimum Gasteiger partial charge on any atom is -0.373 e. The van der Waals surface area contributed by atoms with Crippen molar-refractivity contribution in [1.82, 2.24) is 15.1 Å². The summed E-state index contributed by atoms with van der Waals surface area (Å²) in [5.74, 6) is 0. The van der Waals surface area contributed by atoms with Crippen molar-refractivity contribution in [2.45, 2.75) is 57.9 Å². The Morgan fingerprint density at radius 2 is 2.24 bits per heavy atom. The molecule has 1 aromatic rings. The van der Waals surface area contributed by atoms with Crippen molar-refractivity contribution in [3.63, 3.8) is 0 Å². The van der Waals surface area contributed by atoms with Crippen LogP contribution in [0.1, 0.15) is 51.4 Å². The zero-order chi connectivity index (χ0) is 12.4. The lowest BCUT2D eigenvalue weighted by atomic mass is 10.0. The van der Waals surface area contributed by atoms with Gasteiger partial charge in [-0.1, -0.05) is 0 Å². The molecule has 0 spiro atoms. The lowest BCUT2D eigenvalue weighted by Gasteiger charge is -2.25. The second-order valence-electron chi connectivity index (χ2n) is 5.12. The van der Waals surface area contributed by atoms with Gasteiger partial charge in [0.05, 0.1) is 23.9 Å². The molecule has 0 bridgehead atoms. The van der Waals surface area contributed by atoms with Crippen molar-refractivity contribution < 1.29 is 4.74 Å². The molecule has 0 saturated carbocycles. The molecule has 1 N–H and O–H groups in total. The topological polar surface area (TPSA) is 39.1 Å². The van der Waals surface area contributed by atoms with Gasteiger partial charge < -0.3 is 10.1 Å². The standard InChI is InChI=1S/C13H23N3O/c1-9(2)16-11(7-8-15-16)13(14-4)12-6-5-10(3)17-12/h7-10,12-14H,5-6H2,1-4H3. The van der Waals surface area contributed by atoms with E-state index in [0.717, 1.165) is 12.8 Å². The molecule has 17 heavy (non-hydrogen) atoms. The van der Waals surface area contributed by atoms with Crippen LogP contribution in [0.2, 0.25) is 0 Å². The number of rotatable bonds is 4. The molecule has 4 heteroatoms. The second kappa shape index (κ2) is 5.19. The van der Waals surface area contributed by atoms with Gasteiger partial charge >= 0.3 is 0 Å². The minimum atomic E-state index is 0.241. The highest BCUT2D eigenvalue weighted by molar-refractivity contribution is 5.10. The summed E-state index contributed by atoms with van der Waals surface area (Å²) in [6.07, 6.45) is 4.79. The average Bonchev–Trinajstić information content (AvgIpc) is 2.89. The van der Waals surface area contributed by atoms with Crippen LogP contribution in [0.5, 0.6) is 0 Å². The molecule has 0 aromatic carbocycles. The first-order valence-corrected chi connectivity index (χ1v) is 6.49. The summed E-state index contributed by atoms with van der Waals surface area (Å²) in [6, 6.07) is 2.72. The minimum absolute atomic E-state index is 0.241. The van der Waals surface area contributed by atoms with Gasteiger partial charge in [-0.05, 0) is 46.7 Å². The maximum absolute atomic E-state index is 5.97. The predicted octanol–water partition coefficient (Wildman–Crippen LogP) is 2.29. The summed E-state index contributed by atoms with van der Waals surface area (Å²) in [5, 5.41) is 7.77. The summed E-state index contributed by atoms with van der Waals surface area (Å²) < 4.78 is 8.05. The zero-order valence-electron chi connectivity index (χ0n) is 11.2. The molecule has 4 nitrogen and oxygen atoms in total. The molecule has 96 valence electrons. The summed E-state index contributed by atoms with van der Waals surface area (Å²) in [7, 11) is 1.99. The van der Waals surface area contributed by atoms with Gasteiger partial charge in [-0.15, -0.1) is 0 Å². The number of hydrogen-bond donors (Lipinski definition) is 1. The Hall–Kier alpha value is -0.870. The first kappa shape index (κ1) is 12.6. The third kappa shape index (κ3) is 2.53. The monoisotopic (exact) mass is 237 g/mol. The van der Waals surface area contributed by atoms with Crippen LogP contribution in [-0.4, -0.2) is 29.0 Å². The SMILES string of the molecule is CNC(c1ccnn1C(C)C)C1CCC(C)O1. The van der Waals surface area contributed by atoms with Crippen LogP contribution >= 0.6 is 0 Å². The van der Waals surface area contributed by atoms with Crippen LogP contribution in [0.4, 0.5) is 0 Å². The number of likely N-dealkylation sites (N-methyl/N-ethyl adjacent to an activating group) is 1. The van der Waals surface area contributed by atoms with Crippen molar-refractivity contribution in [1.29, 1.82) is 0 Å². The Bertz CT molecular complexity index is 361. The highest BCUT2D eigenvalue weighted by Gasteiger charge is 2.31. The Balaban J connectivity index is 2.20. The molecule has 1 aliphatic rings.